The highest BCUT2D eigenvalue weighted by molar-refractivity contribution is 6.17. The molecule has 0 aliphatic carbocycles. The molecule has 0 atom stereocenters. The SMILES string of the molecule is COC(=O)Cc1cc(CCl)c(F)cc1F. The Morgan fingerprint density at radius 3 is 2.47 bits per heavy atom. The first-order valence-electron chi connectivity index (χ1n) is 4.18. The fourth-order valence-electron chi connectivity index (χ4n) is 1.11. The Hall–Kier alpha value is -1.16. The number of esters is 1. The number of carbonyl (C=O) groups is 1. The number of hydrogen-bond acceptors (Lipinski definition) is 2. The predicted octanol–water partition coefficient (Wildman–Crippen LogP) is 2.42. The molecule has 2 nitrogen and oxygen atoms in total. The van der Waals surface area contributed by atoms with Crippen molar-refractivity contribution in [3.05, 3.63) is 34.9 Å². The maximum atomic E-state index is 13.2. The Kier molecular flexibility index (Phi) is 4.03. The summed E-state index contributed by atoms with van der Waals surface area (Å²) in [5, 5.41) is 0. The van der Waals surface area contributed by atoms with Crippen LogP contribution in [0.5, 0.6) is 0 Å². The molecule has 0 aliphatic rings. The maximum Gasteiger partial charge on any atom is 0.310 e. The van der Waals surface area contributed by atoms with E-state index in [0.717, 1.165) is 6.07 Å². The maximum absolute atomic E-state index is 13.2. The number of alkyl halides is 1. The van der Waals surface area contributed by atoms with E-state index in [2.05, 4.69) is 4.74 Å². The van der Waals surface area contributed by atoms with E-state index in [0.29, 0.717) is 0 Å². The van der Waals surface area contributed by atoms with Crippen LogP contribution in [0.15, 0.2) is 12.1 Å². The fourth-order valence-corrected chi connectivity index (χ4v) is 1.32. The lowest BCUT2D eigenvalue weighted by Crippen LogP contribution is -2.07. The second-order valence-corrected chi connectivity index (χ2v) is 3.19. The molecule has 0 fully saturated rings. The van der Waals surface area contributed by atoms with E-state index in [-0.39, 0.29) is 23.4 Å². The van der Waals surface area contributed by atoms with E-state index in [1.807, 2.05) is 0 Å². The minimum Gasteiger partial charge on any atom is -0.469 e. The van der Waals surface area contributed by atoms with Gasteiger partial charge in [0.1, 0.15) is 11.6 Å². The molecule has 15 heavy (non-hydrogen) atoms. The molecule has 0 aliphatic heterocycles. The van der Waals surface area contributed by atoms with Crippen LogP contribution in [0, 0.1) is 11.6 Å². The average Bonchev–Trinajstić information content (AvgIpc) is 2.21. The molecule has 0 saturated carbocycles. The third kappa shape index (κ3) is 2.89. The molecule has 0 amide bonds. The molecule has 0 spiro atoms. The quantitative estimate of drug-likeness (QED) is 0.593. The molecule has 1 aromatic rings. The summed E-state index contributed by atoms with van der Waals surface area (Å²) in [5.41, 5.74) is 0.246. The van der Waals surface area contributed by atoms with E-state index in [1.54, 1.807) is 0 Å². The summed E-state index contributed by atoms with van der Waals surface area (Å²) in [4.78, 5) is 10.9. The van der Waals surface area contributed by atoms with Crippen LogP contribution in [0.2, 0.25) is 0 Å². The normalized spacial score (nSPS) is 10.1. The van der Waals surface area contributed by atoms with Gasteiger partial charge in [-0.05, 0) is 11.6 Å². The summed E-state index contributed by atoms with van der Waals surface area (Å²) >= 11 is 5.45. The minimum absolute atomic E-state index is 0.0692. The highest BCUT2D eigenvalue weighted by Gasteiger charge is 2.12. The van der Waals surface area contributed by atoms with Gasteiger partial charge in [-0.3, -0.25) is 4.79 Å². The zero-order valence-corrected chi connectivity index (χ0v) is 8.78. The summed E-state index contributed by atoms with van der Waals surface area (Å²) in [5.74, 6) is -2.13. The fraction of sp³-hybridized carbons (Fsp3) is 0.300. The van der Waals surface area contributed by atoms with Crippen molar-refractivity contribution in [3.8, 4) is 0 Å². The van der Waals surface area contributed by atoms with Gasteiger partial charge >= 0.3 is 5.97 Å². The molecule has 1 rings (SSSR count). The van der Waals surface area contributed by atoms with Crippen molar-refractivity contribution in [2.24, 2.45) is 0 Å². The summed E-state index contributed by atoms with van der Waals surface area (Å²) in [7, 11) is 1.20. The number of methoxy groups -OCH3 is 1. The minimum atomic E-state index is -0.772. The van der Waals surface area contributed by atoms with E-state index < -0.39 is 17.6 Å². The van der Waals surface area contributed by atoms with Gasteiger partial charge in [-0.25, -0.2) is 8.78 Å². The number of halogens is 3. The lowest BCUT2D eigenvalue weighted by molar-refractivity contribution is -0.139. The third-order valence-electron chi connectivity index (χ3n) is 1.92. The summed E-state index contributed by atoms with van der Waals surface area (Å²) < 4.78 is 30.6. The summed E-state index contributed by atoms with van der Waals surface area (Å²) in [6.07, 6.45) is -0.230. The van der Waals surface area contributed by atoms with E-state index in [4.69, 9.17) is 11.6 Å². The molecule has 1 aromatic carbocycles. The van der Waals surface area contributed by atoms with Crippen LogP contribution in [0.3, 0.4) is 0 Å². The zero-order valence-electron chi connectivity index (χ0n) is 8.02. The van der Waals surface area contributed by atoms with Gasteiger partial charge in [-0.15, -0.1) is 11.6 Å². The van der Waals surface area contributed by atoms with Crippen LogP contribution in [-0.2, 0) is 21.8 Å². The van der Waals surface area contributed by atoms with E-state index in [9.17, 15) is 13.6 Å². The summed E-state index contributed by atoms with van der Waals surface area (Å²) in [6, 6.07) is 1.95. The van der Waals surface area contributed by atoms with Crippen LogP contribution < -0.4 is 0 Å². The molecule has 0 saturated heterocycles. The Bertz CT molecular complexity index is 380. The van der Waals surface area contributed by atoms with E-state index in [1.165, 1.54) is 13.2 Å². The van der Waals surface area contributed by atoms with Crippen LogP contribution in [0.25, 0.3) is 0 Å². The molecule has 0 unspecified atom stereocenters. The molecular formula is C10H9ClF2O2. The molecule has 5 heteroatoms. The van der Waals surface area contributed by atoms with Crippen molar-refractivity contribution >= 4 is 17.6 Å². The Labute approximate surface area is 90.8 Å². The van der Waals surface area contributed by atoms with Crippen LogP contribution in [-0.4, -0.2) is 13.1 Å². The van der Waals surface area contributed by atoms with Crippen LogP contribution in [0.1, 0.15) is 11.1 Å². The number of benzene rings is 1. The van der Waals surface area contributed by atoms with Gasteiger partial charge in [0.05, 0.1) is 19.4 Å². The standard InChI is InChI=1S/C10H9ClF2O2/c1-15-10(14)3-6-2-7(5-11)9(13)4-8(6)12/h2,4H,3,5H2,1H3. The first-order valence-corrected chi connectivity index (χ1v) is 4.71. The lowest BCUT2D eigenvalue weighted by atomic mass is 10.1. The van der Waals surface area contributed by atoms with Crippen molar-refractivity contribution in [3.63, 3.8) is 0 Å². The largest absolute Gasteiger partial charge is 0.469 e. The Morgan fingerprint density at radius 2 is 1.93 bits per heavy atom. The second-order valence-electron chi connectivity index (χ2n) is 2.92. The van der Waals surface area contributed by atoms with Gasteiger partial charge < -0.3 is 4.74 Å². The highest BCUT2D eigenvalue weighted by Crippen LogP contribution is 2.17. The van der Waals surface area contributed by atoms with Gasteiger partial charge in [-0.1, -0.05) is 0 Å². The summed E-state index contributed by atoms with van der Waals surface area (Å²) in [6.45, 7) is 0. The second kappa shape index (κ2) is 5.07. The monoisotopic (exact) mass is 234 g/mol. The third-order valence-corrected chi connectivity index (χ3v) is 2.21. The lowest BCUT2D eigenvalue weighted by Gasteiger charge is -2.05. The van der Waals surface area contributed by atoms with Gasteiger partial charge in [0.25, 0.3) is 0 Å². The molecule has 0 heterocycles. The van der Waals surface area contributed by atoms with Gasteiger partial charge in [-0.2, -0.15) is 0 Å². The molecule has 0 aromatic heterocycles. The average molecular weight is 235 g/mol. The van der Waals surface area contributed by atoms with Crippen molar-refractivity contribution in [2.45, 2.75) is 12.3 Å². The molecular weight excluding hydrogens is 226 g/mol. The predicted molar refractivity (Wildman–Crippen MR) is 51.6 cm³/mol. The van der Waals surface area contributed by atoms with Crippen molar-refractivity contribution in [1.82, 2.24) is 0 Å². The Morgan fingerprint density at radius 1 is 1.33 bits per heavy atom. The van der Waals surface area contributed by atoms with Crippen molar-refractivity contribution in [1.29, 1.82) is 0 Å². The Balaban J connectivity index is 3.02. The molecule has 0 radical (unpaired) electrons. The number of rotatable bonds is 3. The number of hydrogen-bond donors (Lipinski definition) is 0. The topological polar surface area (TPSA) is 26.3 Å². The highest BCUT2D eigenvalue weighted by atomic mass is 35.5. The van der Waals surface area contributed by atoms with Crippen molar-refractivity contribution < 1.29 is 18.3 Å². The van der Waals surface area contributed by atoms with Crippen LogP contribution in [0.4, 0.5) is 8.78 Å². The van der Waals surface area contributed by atoms with E-state index >= 15 is 0 Å². The number of carbonyl (C=O) groups excluding carboxylic acids is 1. The zero-order chi connectivity index (χ0) is 11.4. The van der Waals surface area contributed by atoms with Crippen molar-refractivity contribution in [2.75, 3.05) is 7.11 Å². The van der Waals surface area contributed by atoms with Gasteiger partial charge in [0.2, 0.25) is 0 Å². The molecule has 82 valence electrons. The first kappa shape index (κ1) is 11.9. The van der Waals surface area contributed by atoms with Crippen LogP contribution >= 0.6 is 11.6 Å². The molecule has 0 bridgehead atoms. The molecule has 0 N–H and O–H groups in total. The van der Waals surface area contributed by atoms with Gasteiger partial charge in [0.15, 0.2) is 0 Å². The smallest absolute Gasteiger partial charge is 0.310 e. The van der Waals surface area contributed by atoms with Gasteiger partial charge in [0, 0.05) is 11.6 Å². The number of ether oxygens (including phenoxy) is 1. The first-order chi connectivity index (χ1) is 7.08.